The van der Waals surface area contributed by atoms with Crippen LogP contribution >= 0.6 is 0 Å². The van der Waals surface area contributed by atoms with Gasteiger partial charge in [-0.25, -0.2) is 0 Å². The number of aliphatic hydroxyl groups is 1. The summed E-state index contributed by atoms with van der Waals surface area (Å²) in [5, 5.41) is 12.8. The van der Waals surface area contributed by atoms with Gasteiger partial charge in [0.15, 0.2) is 0 Å². The second-order valence-electron chi connectivity index (χ2n) is 10.7. The maximum atomic E-state index is 12.0. The van der Waals surface area contributed by atoms with Gasteiger partial charge in [0.25, 0.3) is 8.32 Å². The van der Waals surface area contributed by atoms with Crippen LogP contribution in [0.5, 0.6) is 0 Å². The Labute approximate surface area is 195 Å². The van der Waals surface area contributed by atoms with Gasteiger partial charge in [-0.3, -0.25) is 4.79 Å². The number of esters is 1. The SMILES string of the molecule is C[C@H](CC[C@H](O)COC(=O)C(C)(C)C)O[Si](c1ccccc1)(c1ccccc1)C(C)(C)C. The number of hydrogen-bond donors (Lipinski definition) is 1. The number of hydrogen-bond acceptors (Lipinski definition) is 4. The Balaban J connectivity index is 2.19. The Morgan fingerprint density at radius 1 is 0.875 bits per heavy atom. The molecule has 0 spiro atoms. The lowest BCUT2D eigenvalue weighted by Gasteiger charge is -2.44. The Kier molecular flexibility index (Phi) is 8.86. The molecule has 0 saturated heterocycles. The van der Waals surface area contributed by atoms with Crippen molar-refractivity contribution in [2.75, 3.05) is 6.61 Å². The van der Waals surface area contributed by atoms with Gasteiger partial charge >= 0.3 is 5.97 Å². The summed E-state index contributed by atoms with van der Waals surface area (Å²) in [5.74, 6) is -0.298. The zero-order valence-electron chi connectivity index (χ0n) is 20.7. The van der Waals surface area contributed by atoms with Gasteiger partial charge < -0.3 is 14.3 Å². The lowest BCUT2D eigenvalue weighted by molar-refractivity contribution is -0.156. The van der Waals surface area contributed by atoms with Gasteiger partial charge in [-0.2, -0.15) is 0 Å². The third-order valence-electron chi connectivity index (χ3n) is 5.72. The van der Waals surface area contributed by atoms with Crippen molar-refractivity contribution in [1.29, 1.82) is 0 Å². The minimum absolute atomic E-state index is 0.0159. The minimum atomic E-state index is -2.61. The van der Waals surface area contributed by atoms with Crippen LogP contribution in [-0.4, -0.2) is 38.2 Å². The predicted molar refractivity (Wildman–Crippen MR) is 134 cm³/mol. The highest BCUT2D eigenvalue weighted by Gasteiger charge is 2.50. The third-order valence-corrected chi connectivity index (χ3v) is 10.9. The van der Waals surface area contributed by atoms with E-state index in [1.165, 1.54) is 10.4 Å². The maximum absolute atomic E-state index is 12.0. The van der Waals surface area contributed by atoms with Crippen molar-refractivity contribution in [3.63, 3.8) is 0 Å². The molecule has 176 valence electrons. The van der Waals surface area contributed by atoms with Crippen LogP contribution < -0.4 is 10.4 Å². The van der Waals surface area contributed by atoms with E-state index in [2.05, 4.69) is 76.2 Å². The van der Waals surface area contributed by atoms with Gasteiger partial charge in [0.1, 0.15) is 6.61 Å². The third kappa shape index (κ3) is 6.53. The summed E-state index contributed by atoms with van der Waals surface area (Å²) in [5.41, 5.74) is -0.570. The van der Waals surface area contributed by atoms with E-state index in [4.69, 9.17) is 9.16 Å². The summed E-state index contributed by atoms with van der Waals surface area (Å²) in [6.45, 7) is 14.3. The molecule has 2 aromatic rings. The van der Waals surface area contributed by atoms with Crippen LogP contribution in [-0.2, 0) is 14.0 Å². The van der Waals surface area contributed by atoms with Crippen molar-refractivity contribution < 1.29 is 19.1 Å². The molecule has 0 radical (unpaired) electrons. The topological polar surface area (TPSA) is 55.8 Å². The first-order chi connectivity index (χ1) is 14.9. The van der Waals surface area contributed by atoms with Gasteiger partial charge in [0.05, 0.1) is 11.5 Å². The average Bonchev–Trinajstić information content (AvgIpc) is 2.74. The molecule has 2 rings (SSSR count). The van der Waals surface area contributed by atoms with Crippen LogP contribution in [0.4, 0.5) is 0 Å². The second-order valence-corrected chi connectivity index (χ2v) is 14.9. The van der Waals surface area contributed by atoms with E-state index in [0.29, 0.717) is 12.8 Å². The highest BCUT2D eigenvalue weighted by atomic mass is 28.4. The van der Waals surface area contributed by atoms with Gasteiger partial charge in [0.2, 0.25) is 0 Å². The van der Waals surface area contributed by atoms with Crippen molar-refractivity contribution in [2.24, 2.45) is 5.41 Å². The van der Waals surface area contributed by atoms with Crippen LogP contribution in [0.2, 0.25) is 5.04 Å². The minimum Gasteiger partial charge on any atom is -0.463 e. The summed E-state index contributed by atoms with van der Waals surface area (Å²) in [6.07, 6.45) is 0.427. The number of benzene rings is 2. The van der Waals surface area contributed by atoms with E-state index in [9.17, 15) is 9.90 Å². The highest BCUT2D eigenvalue weighted by Crippen LogP contribution is 2.37. The van der Waals surface area contributed by atoms with Crippen LogP contribution in [0.15, 0.2) is 60.7 Å². The van der Waals surface area contributed by atoms with Gasteiger partial charge in [0, 0.05) is 6.10 Å². The van der Waals surface area contributed by atoms with Crippen molar-refractivity contribution >= 4 is 24.7 Å². The van der Waals surface area contributed by atoms with E-state index >= 15 is 0 Å². The maximum Gasteiger partial charge on any atom is 0.311 e. The van der Waals surface area contributed by atoms with Crippen LogP contribution in [0.3, 0.4) is 0 Å². The molecular formula is C27H40O4Si. The second kappa shape index (κ2) is 10.8. The first kappa shape index (κ1) is 26.3. The quantitative estimate of drug-likeness (QED) is 0.440. The lowest BCUT2D eigenvalue weighted by Crippen LogP contribution is -2.67. The normalized spacial score (nSPS) is 14.6. The molecule has 0 aliphatic carbocycles. The van der Waals surface area contributed by atoms with Crippen LogP contribution in [0, 0.1) is 5.41 Å². The van der Waals surface area contributed by atoms with Gasteiger partial charge in [-0.15, -0.1) is 0 Å². The highest BCUT2D eigenvalue weighted by molar-refractivity contribution is 6.99. The first-order valence-corrected chi connectivity index (χ1v) is 13.4. The van der Waals surface area contributed by atoms with Crippen LogP contribution in [0.25, 0.3) is 0 Å². The molecule has 2 aromatic carbocycles. The van der Waals surface area contributed by atoms with Crippen molar-refractivity contribution in [2.45, 2.75) is 78.6 Å². The first-order valence-electron chi connectivity index (χ1n) is 11.5. The number of rotatable bonds is 9. The summed E-state index contributed by atoms with van der Waals surface area (Å²) in [7, 11) is -2.61. The summed E-state index contributed by atoms with van der Waals surface area (Å²) < 4.78 is 12.3. The molecule has 1 N–H and O–H groups in total. The Morgan fingerprint density at radius 2 is 1.34 bits per heavy atom. The van der Waals surface area contributed by atoms with Crippen molar-refractivity contribution in [1.82, 2.24) is 0 Å². The average molecular weight is 457 g/mol. The van der Waals surface area contributed by atoms with E-state index < -0.39 is 19.8 Å². The molecule has 0 amide bonds. The van der Waals surface area contributed by atoms with Crippen molar-refractivity contribution in [3.05, 3.63) is 60.7 Å². The molecule has 5 heteroatoms. The Morgan fingerprint density at radius 3 is 1.75 bits per heavy atom. The van der Waals surface area contributed by atoms with E-state index in [0.717, 1.165) is 0 Å². The van der Waals surface area contributed by atoms with Crippen molar-refractivity contribution in [3.8, 4) is 0 Å². The molecule has 0 saturated carbocycles. The molecule has 0 unspecified atom stereocenters. The fraction of sp³-hybridized carbons (Fsp3) is 0.519. The summed E-state index contributed by atoms with van der Waals surface area (Å²) >= 11 is 0. The molecule has 2 atom stereocenters. The number of ether oxygens (including phenoxy) is 1. The predicted octanol–water partition coefficient (Wildman–Crippen LogP) is 4.68. The molecule has 0 aromatic heterocycles. The van der Waals surface area contributed by atoms with Gasteiger partial charge in [-0.1, -0.05) is 81.4 Å². The molecule has 0 bridgehead atoms. The Hall–Kier alpha value is -1.95. The van der Waals surface area contributed by atoms with E-state index in [1.807, 2.05) is 32.9 Å². The van der Waals surface area contributed by atoms with E-state index in [1.54, 1.807) is 0 Å². The van der Waals surface area contributed by atoms with Crippen LogP contribution in [0.1, 0.15) is 61.3 Å². The largest absolute Gasteiger partial charge is 0.463 e. The molecular weight excluding hydrogens is 416 g/mol. The molecule has 0 heterocycles. The Bertz CT molecular complexity index is 798. The fourth-order valence-electron chi connectivity index (χ4n) is 3.95. The number of carbonyl (C=O) groups is 1. The molecule has 0 fully saturated rings. The summed E-state index contributed by atoms with van der Waals surface area (Å²) in [4.78, 5) is 12.0. The molecule has 4 nitrogen and oxygen atoms in total. The molecule has 0 aliphatic heterocycles. The lowest BCUT2D eigenvalue weighted by atomic mass is 9.97. The number of aliphatic hydroxyl groups excluding tert-OH is 1. The fourth-order valence-corrected chi connectivity index (χ4v) is 8.69. The smallest absolute Gasteiger partial charge is 0.311 e. The standard InChI is InChI=1S/C27H40O4Si/c1-21(18-19-22(28)20-30-25(29)26(2,3)4)31-32(27(5,6)7,23-14-10-8-11-15-23)24-16-12-9-13-17-24/h8-17,21-22,28H,18-20H2,1-7H3/t21-,22+/m1/s1. The van der Waals surface area contributed by atoms with E-state index in [-0.39, 0.29) is 23.7 Å². The summed E-state index contributed by atoms with van der Waals surface area (Å²) in [6, 6.07) is 21.1. The monoisotopic (exact) mass is 456 g/mol. The zero-order chi connectivity index (χ0) is 24.0. The molecule has 32 heavy (non-hydrogen) atoms. The zero-order valence-corrected chi connectivity index (χ0v) is 21.7. The molecule has 0 aliphatic rings. The van der Waals surface area contributed by atoms with Gasteiger partial charge in [-0.05, 0) is 55.9 Å². The number of carbonyl (C=O) groups excluding carboxylic acids is 1.